The van der Waals surface area contributed by atoms with Gasteiger partial charge in [0.1, 0.15) is 16.9 Å². The summed E-state index contributed by atoms with van der Waals surface area (Å²) in [5.74, 6) is 0. The lowest BCUT2D eigenvalue weighted by Gasteiger charge is -2.27. The maximum atomic E-state index is 13.1. The zero-order chi connectivity index (χ0) is 15.6. The molecule has 0 aliphatic heterocycles. The first-order chi connectivity index (χ1) is 10.6. The highest BCUT2D eigenvalue weighted by atomic mass is 32.2. The number of sulfonamides is 1. The molecule has 2 heterocycles. The molecule has 1 saturated carbocycles. The number of fused-ring (bicyclic) bond motifs is 1. The normalized spacial score (nSPS) is 16.8. The lowest BCUT2D eigenvalue weighted by molar-refractivity contribution is 0.166. The van der Waals surface area contributed by atoms with Crippen molar-refractivity contribution in [3.63, 3.8) is 0 Å². The van der Waals surface area contributed by atoms with Gasteiger partial charge in [-0.1, -0.05) is 12.8 Å². The molecule has 1 aliphatic carbocycles. The molecule has 0 saturated heterocycles. The second-order valence-corrected chi connectivity index (χ2v) is 7.34. The van der Waals surface area contributed by atoms with E-state index in [0.29, 0.717) is 24.2 Å². The fraction of sp³-hybridized carbons (Fsp3) is 0.571. The number of methoxy groups -OCH3 is 1. The van der Waals surface area contributed by atoms with Gasteiger partial charge in [0, 0.05) is 32.1 Å². The minimum Gasteiger partial charge on any atom is -0.383 e. The van der Waals surface area contributed by atoms with Gasteiger partial charge in [-0.2, -0.15) is 4.31 Å². The van der Waals surface area contributed by atoms with Crippen LogP contribution in [0.4, 0.5) is 0 Å². The van der Waals surface area contributed by atoms with E-state index >= 15 is 0 Å². The number of hydrogen-bond acceptors (Lipinski definition) is 5. The molecule has 0 aromatic carbocycles. The summed E-state index contributed by atoms with van der Waals surface area (Å²) in [6.45, 7) is 0.748. The zero-order valence-corrected chi connectivity index (χ0v) is 13.3. The lowest BCUT2D eigenvalue weighted by atomic mass is 10.2. The van der Waals surface area contributed by atoms with Crippen LogP contribution in [-0.2, 0) is 14.8 Å². The Morgan fingerprint density at radius 3 is 2.91 bits per heavy atom. The summed E-state index contributed by atoms with van der Waals surface area (Å²) in [6, 6.07) is 0.0507. The number of H-pyrrole nitrogens is 1. The van der Waals surface area contributed by atoms with Crippen molar-refractivity contribution in [1.82, 2.24) is 19.3 Å². The molecule has 1 aliphatic rings. The number of aromatic amines is 1. The third kappa shape index (κ3) is 2.73. The topological polar surface area (TPSA) is 88.2 Å². The number of nitrogens with zero attached hydrogens (tertiary/aromatic N) is 3. The molecule has 2 aromatic rings. The van der Waals surface area contributed by atoms with Crippen LogP contribution in [0.2, 0.25) is 0 Å². The molecular weight excluding hydrogens is 304 g/mol. The van der Waals surface area contributed by atoms with E-state index in [1.54, 1.807) is 11.4 Å². The van der Waals surface area contributed by atoms with Crippen molar-refractivity contribution in [3.8, 4) is 0 Å². The number of ether oxygens (including phenoxy) is 1. The first kappa shape index (κ1) is 15.4. The second kappa shape index (κ2) is 6.31. The van der Waals surface area contributed by atoms with Gasteiger partial charge in [0.15, 0.2) is 0 Å². The molecule has 0 amide bonds. The van der Waals surface area contributed by atoms with Gasteiger partial charge in [-0.05, 0) is 12.8 Å². The van der Waals surface area contributed by atoms with E-state index in [0.717, 1.165) is 25.7 Å². The third-order valence-corrected chi connectivity index (χ3v) is 6.14. The Labute approximate surface area is 129 Å². The maximum absolute atomic E-state index is 13.1. The SMILES string of the molecule is COCCN(C1CCCC1)S(=O)(=O)c1c[nH]c2ncncc12. The standard InChI is InChI=1S/C14H20N4O3S/c1-21-7-6-18(11-4-2-3-5-11)22(19,20)13-9-16-14-12(13)8-15-10-17-14/h8-11H,2-7H2,1H3,(H,15,16,17). The highest BCUT2D eigenvalue weighted by Gasteiger charge is 2.34. The average Bonchev–Trinajstić information content (AvgIpc) is 3.17. The van der Waals surface area contributed by atoms with Gasteiger partial charge in [-0.3, -0.25) is 0 Å². The summed E-state index contributed by atoms with van der Waals surface area (Å²) < 4.78 is 32.9. The van der Waals surface area contributed by atoms with Crippen LogP contribution in [0.3, 0.4) is 0 Å². The van der Waals surface area contributed by atoms with Gasteiger partial charge in [-0.15, -0.1) is 0 Å². The predicted octanol–water partition coefficient (Wildman–Crippen LogP) is 1.54. The van der Waals surface area contributed by atoms with Crippen LogP contribution in [0.1, 0.15) is 25.7 Å². The van der Waals surface area contributed by atoms with E-state index in [1.807, 2.05) is 0 Å². The van der Waals surface area contributed by atoms with Gasteiger partial charge < -0.3 is 9.72 Å². The van der Waals surface area contributed by atoms with Crippen molar-refractivity contribution >= 4 is 21.1 Å². The van der Waals surface area contributed by atoms with Crippen LogP contribution < -0.4 is 0 Å². The molecule has 2 aromatic heterocycles. The first-order valence-corrected chi connectivity index (χ1v) is 8.86. The Kier molecular flexibility index (Phi) is 4.42. The Hall–Kier alpha value is -1.51. The molecule has 3 rings (SSSR count). The van der Waals surface area contributed by atoms with Crippen LogP contribution in [-0.4, -0.2) is 54.0 Å². The van der Waals surface area contributed by atoms with Gasteiger partial charge in [0.2, 0.25) is 10.0 Å². The molecule has 1 N–H and O–H groups in total. The number of aromatic nitrogens is 3. The fourth-order valence-electron chi connectivity index (χ4n) is 3.05. The zero-order valence-electron chi connectivity index (χ0n) is 12.5. The molecule has 0 radical (unpaired) electrons. The van der Waals surface area contributed by atoms with Crippen molar-refractivity contribution in [2.75, 3.05) is 20.3 Å². The number of rotatable bonds is 6. The molecule has 0 bridgehead atoms. The van der Waals surface area contributed by atoms with Crippen molar-refractivity contribution in [2.24, 2.45) is 0 Å². The smallest absolute Gasteiger partial charge is 0.245 e. The molecule has 7 nitrogen and oxygen atoms in total. The van der Waals surface area contributed by atoms with E-state index in [4.69, 9.17) is 4.74 Å². The lowest BCUT2D eigenvalue weighted by Crippen LogP contribution is -2.40. The molecule has 1 fully saturated rings. The van der Waals surface area contributed by atoms with Crippen LogP contribution in [0.5, 0.6) is 0 Å². The summed E-state index contributed by atoms with van der Waals surface area (Å²) in [4.78, 5) is 11.1. The van der Waals surface area contributed by atoms with Gasteiger partial charge >= 0.3 is 0 Å². The van der Waals surface area contributed by atoms with Gasteiger partial charge in [0.05, 0.1) is 12.0 Å². The largest absolute Gasteiger partial charge is 0.383 e. The van der Waals surface area contributed by atoms with Crippen LogP contribution in [0.25, 0.3) is 11.0 Å². The molecule has 22 heavy (non-hydrogen) atoms. The molecule has 0 spiro atoms. The Balaban J connectivity index is 2.00. The molecule has 8 heteroatoms. The Morgan fingerprint density at radius 2 is 2.18 bits per heavy atom. The van der Waals surface area contributed by atoms with Crippen LogP contribution >= 0.6 is 0 Å². The molecular formula is C14H20N4O3S. The quantitative estimate of drug-likeness (QED) is 0.870. The van der Waals surface area contributed by atoms with E-state index in [9.17, 15) is 8.42 Å². The summed E-state index contributed by atoms with van der Waals surface area (Å²) in [5, 5.41) is 0.530. The van der Waals surface area contributed by atoms with Crippen LogP contribution in [0.15, 0.2) is 23.6 Å². The molecule has 0 unspecified atom stereocenters. The number of hydrogen-bond donors (Lipinski definition) is 1. The minimum atomic E-state index is -3.60. The van der Waals surface area contributed by atoms with Crippen molar-refractivity contribution in [3.05, 3.63) is 18.7 Å². The molecule has 0 atom stereocenters. The summed E-state index contributed by atoms with van der Waals surface area (Å²) in [5.41, 5.74) is 0.534. The van der Waals surface area contributed by atoms with E-state index in [2.05, 4.69) is 15.0 Å². The van der Waals surface area contributed by atoms with Crippen molar-refractivity contribution in [1.29, 1.82) is 0 Å². The highest BCUT2D eigenvalue weighted by molar-refractivity contribution is 7.89. The fourth-order valence-corrected chi connectivity index (χ4v) is 4.85. The van der Waals surface area contributed by atoms with E-state index < -0.39 is 10.0 Å². The van der Waals surface area contributed by atoms with E-state index in [1.165, 1.54) is 18.7 Å². The maximum Gasteiger partial charge on any atom is 0.245 e. The van der Waals surface area contributed by atoms with E-state index in [-0.39, 0.29) is 10.9 Å². The first-order valence-electron chi connectivity index (χ1n) is 7.42. The predicted molar refractivity (Wildman–Crippen MR) is 81.9 cm³/mol. The van der Waals surface area contributed by atoms with Crippen molar-refractivity contribution < 1.29 is 13.2 Å². The minimum absolute atomic E-state index is 0.0507. The third-order valence-electron chi connectivity index (χ3n) is 4.15. The van der Waals surface area contributed by atoms with Gasteiger partial charge in [-0.25, -0.2) is 18.4 Å². The van der Waals surface area contributed by atoms with Crippen LogP contribution in [0, 0.1) is 0 Å². The van der Waals surface area contributed by atoms with Crippen molar-refractivity contribution in [2.45, 2.75) is 36.6 Å². The number of nitrogens with one attached hydrogen (secondary N) is 1. The highest BCUT2D eigenvalue weighted by Crippen LogP contribution is 2.30. The monoisotopic (exact) mass is 324 g/mol. The molecule has 120 valence electrons. The average molecular weight is 324 g/mol. The summed E-state index contributed by atoms with van der Waals surface area (Å²) in [7, 11) is -2.02. The van der Waals surface area contributed by atoms with Gasteiger partial charge in [0.25, 0.3) is 0 Å². The Morgan fingerprint density at radius 1 is 1.41 bits per heavy atom. The summed E-state index contributed by atoms with van der Waals surface area (Å²) >= 11 is 0. The Bertz CT molecular complexity index is 737. The second-order valence-electron chi connectivity index (χ2n) is 5.48. The summed E-state index contributed by atoms with van der Waals surface area (Å²) in [6.07, 6.45) is 8.39.